The molecule has 1 aromatic rings. The molecule has 0 radical (unpaired) electrons. The van der Waals surface area contributed by atoms with E-state index in [2.05, 4.69) is 38.3 Å². The zero-order chi connectivity index (χ0) is 24.2. The lowest BCUT2D eigenvalue weighted by atomic mass is 9.85. The number of alkyl carbamates (subject to hydrolysis) is 1. The number of carbonyl (C=O) groups is 2. The zero-order valence-electron chi connectivity index (χ0n) is 20.8. The number of ether oxygens (including phenoxy) is 1. The van der Waals surface area contributed by atoms with Crippen molar-refractivity contribution in [2.45, 2.75) is 97.0 Å². The zero-order valence-corrected chi connectivity index (χ0v) is 20.8. The molecule has 2 fully saturated rings. The highest BCUT2D eigenvalue weighted by Gasteiger charge is 2.46. The van der Waals surface area contributed by atoms with Crippen molar-refractivity contribution < 1.29 is 19.5 Å². The van der Waals surface area contributed by atoms with Gasteiger partial charge in [-0.3, -0.25) is 4.79 Å². The topological polar surface area (TPSA) is 93.6 Å². The molecule has 5 unspecified atom stereocenters. The number of nitrogens with one attached hydrogen (secondary N) is 2. The summed E-state index contributed by atoms with van der Waals surface area (Å²) in [6.07, 6.45) is 3.52. The molecular formula is C26H42N3O4+. The lowest BCUT2D eigenvalue weighted by Gasteiger charge is -2.42. The first kappa shape index (κ1) is 25.5. The van der Waals surface area contributed by atoms with Crippen molar-refractivity contribution >= 4 is 12.0 Å². The Bertz CT molecular complexity index is 798. The predicted molar refractivity (Wildman–Crippen MR) is 129 cm³/mol. The maximum atomic E-state index is 12.7. The van der Waals surface area contributed by atoms with Crippen molar-refractivity contribution in [1.82, 2.24) is 15.7 Å². The number of hydrogen-bond acceptors (Lipinski definition) is 4. The number of carbonyl (C=O) groups excluding carboxylic acids is 2. The van der Waals surface area contributed by atoms with Crippen LogP contribution in [0.2, 0.25) is 0 Å². The molecular weight excluding hydrogens is 418 g/mol. The number of nitrogens with zero attached hydrogens (tertiary/aromatic N) is 1. The van der Waals surface area contributed by atoms with Crippen molar-refractivity contribution in [2.24, 2.45) is 17.8 Å². The van der Waals surface area contributed by atoms with E-state index in [1.165, 1.54) is 0 Å². The first-order valence-corrected chi connectivity index (χ1v) is 12.3. The smallest absolute Gasteiger partial charge is 0.407 e. The van der Waals surface area contributed by atoms with E-state index in [4.69, 9.17) is 9.94 Å². The van der Waals surface area contributed by atoms with Crippen LogP contribution in [-0.2, 0) is 16.1 Å². The molecule has 1 aliphatic carbocycles. The van der Waals surface area contributed by atoms with E-state index in [-0.39, 0.29) is 36.2 Å². The van der Waals surface area contributed by atoms with Gasteiger partial charge in [-0.2, -0.15) is 0 Å². The van der Waals surface area contributed by atoms with Crippen molar-refractivity contribution in [3.63, 3.8) is 0 Å². The first-order chi connectivity index (χ1) is 15.5. The summed E-state index contributed by atoms with van der Waals surface area (Å²) in [4.78, 5) is 25.2. The van der Waals surface area contributed by atoms with Gasteiger partial charge in [0.05, 0.1) is 11.6 Å². The largest absolute Gasteiger partial charge is 0.445 e. The highest BCUT2D eigenvalue weighted by molar-refractivity contribution is 5.77. The second-order valence-electron chi connectivity index (χ2n) is 11.0. The molecule has 2 amide bonds. The van der Waals surface area contributed by atoms with E-state index >= 15 is 0 Å². The van der Waals surface area contributed by atoms with Crippen molar-refractivity contribution in [1.29, 1.82) is 0 Å². The van der Waals surface area contributed by atoms with E-state index < -0.39 is 6.09 Å². The van der Waals surface area contributed by atoms with Crippen molar-refractivity contribution in [3.8, 4) is 0 Å². The van der Waals surface area contributed by atoms with E-state index in [9.17, 15) is 9.59 Å². The Kier molecular flexibility index (Phi) is 8.40. The van der Waals surface area contributed by atoms with Crippen LogP contribution in [0.5, 0.6) is 0 Å². The molecule has 0 spiro atoms. The molecule has 4 N–H and O–H groups in total. The van der Waals surface area contributed by atoms with E-state index in [0.717, 1.165) is 31.2 Å². The van der Waals surface area contributed by atoms with E-state index in [0.29, 0.717) is 24.2 Å². The molecule has 1 aromatic carbocycles. The van der Waals surface area contributed by atoms with Crippen LogP contribution in [0, 0.1) is 17.8 Å². The third kappa shape index (κ3) is 7.44. The van der Waals surface area contributed by atoms with E-state index in [1.54, 1.807) is 5.06 Å². The van der Waals surface area contributed by atoms with E-state index in [1.807, 2.05) is 37.3 Å². The minimum atomic E-state index is -0.391. The maximum absolute atomic E-state index is 12.7. The number of hydrogen-bond donors (Lipinski definition) is 2. The fraction of sp³-hybridized carbons (Fsp3) is 0.692. The lowest BCUT2D eigenvalue weighted by molar-refractivity contribution is -0.210. The average molecular weight is 461 g/mol. The van der Waals surface area contributed by atoms with Crippen LogP contribution >= 0.6 is 0 Å². The van der Waals surface area contributed by atoms with Gasteiger partial charge in [-0.05, 0) is 69.8 Å². The van der Waals surface area contributed by atoms with Crippen molar-refractivity contribution in [2.75, 3.05) is 0 Å². The molecule has 1 saturated heterocycles. The molecule has 1 heterocycles. The quantitative estimate of drug-likeness (QED) is 0.549. The molecule has 33 heavy (non-hydrogen) atoms. The van der Waals surface area contributed by atoms with Gasteiger partial charge in [-0.15, -0.1) is 0 Å². The number of benzene rings is 1. The SMILES string of the molecule is CC(C)CC(NC(=O)OCc1ccccc1)C1CC1CC(=O)NC1CC(C)N([OH2+])C(C)(C)C1. The Morgan fingerprint density at radius 1 is 1.21 bits per heavy atom. The van der Waals surface area contributed by atoms with Crippen LogP contribution in [0.4, 0.5) is 4.79 Å². The van der Waals surface area contributed by atoms with Gasteiger partial charge in [0.2, 0.25) is 5.91 Å². The molecule has 7 nitrogen and oxygen atoms in total. The number of piperidine rings is 1. The fourth-order valence-corrected chi connectivity index (χ4v) is 5.30. The summed E-state index contributed by atoms with van der Waals surface area (Å²) in [5.74, 6) is 1.14. The Morgan fingerprint density at radius 2 is 1.91 bits per heavy atom. The fourth-order valence-electron chi connectivity index (χ4n) is 5.30. The van der Waals surface area contributed by atoms with Gasteiger partial charge in [0.15, 0.2) is 0 Å². The summed E-state index contributed by atoms with van der Waals surface area (Å²) in [6.45, 7) is 10.7. The Morgan fingerprint density at radius 3 is 2.55 bits per heavy atom. The highest BCUT2D eigenvalue weighted by atomic mass is 16.5. The summed E-state index contributed by atoms with van der Waals surface area (Å²) in [5, 5.41) is 16.2. The van der Waals surface area contributed by atoms with Crippen LogP contribution < -0.4 is 10.6 Å². The maximum Gasteiger partial charge on any atom is 0.407 e. The third-order valence-electron chi connectivity index (χ3n) is 7.01. The summed E-state index contributed by atoms with van der Waals surface area (Å²) in [5.41, 5.74) is 0.715. The standard InChI is InChI=1S/C26H41N3O4/c1-17(2)11-23(28-25(31)33-16-19-9-7-6-8-10-19)22-13-20(22)14-24(30)27-21-12-18(3)29(32)26(4,5)15-21/h6-10,17-18,20-23,32H,11-16H2,1-5H3,(H,27,30)(H,28,31)/p+1. The molecule has 3 rings (SSSR count). The van der Waals surface area contributed by atoms with Gasteiger partial charge in [0.1, 0.15) is 6.61 Å². The van der Waals surface area contributed by atoms with Crippen LogP contribution in [0.25, 0.3) is 0 Å². The number of amides is 2. The van der Waals surface area contributed by atoms with Crippen LogP contribution in [0.3, 0.4) is 0 Å². The molecule has 0 bridgehead atoms. The summed E-state index contributed by atoms with van der Waals surface area (Å²) in [7, 11) is 0. The van der Waals surface area contributed by atoms with Crippen molar-refractivity contribution in [3.05, 3.63) is 35.9 Å². The van der Waals surface area contributed by atoms with Gasteiger partial charge in [-0.25, -0.2) is 4.79 Å². The normalized spacial score (nSPS) is 27.6. The molecule has 7 heteroatoms. The molecule has 5 atom stereocenters. The van der Waals surface area contributed by atoms with Gasteiger partial charge in [-0.1, -0.05) is 49.2 Å². The second kappa shape index (κ2) is 10.9. The minimum absolute atomic E-state index is 0.0246. The summed E-state index contributed by atoms with van der Waals surface area (Å²) >= 11 is 0. The first-order valence-electron chi connectivity index (χ1n) is 12.3. The Labute approximate surface area is 198 Å². The van der Waals surface area contributed by atoms with Crippen LogP contribution in [0.15, 0.2) is 30.3 Å². The molecule has 184 valence electrons. The average Bonchev–Trinajstić information content (AvgIpc) is 3.49. The second-order valence-corrected chi connectivity index (χ2v) is 11.0. The summed E-state index contributed by atoms with van der Waals surface area (Å²) in [6, 6.07) is 9.91. The van der Waals surface area contributed by atoms with Gasteiger partial charge >= 0.3 is 6.09 Å². The predicted octanol–water partition coefficient (Wildman–Crippen LogP) is 3.74. The van der Waals surface area contributed by atoms with Crippen LogP contribution in [0.1, 0.15) is 72.3 Å². The Hall–Kier alpha value is -2.12. The third-order valence-corrected chi connectivity index (χ3v) is 7.01. The lowest BCUT2D eigenvalue weighted by Crippen LogP contribution is -2.57. The molecule has 1 aliphatic heterocycles. The highest BCUT2D eigenvalue weighted by Crippen LogP contribution is 2.45. The van der Waals surface area contributed by atoms with Gasteiger partial charge in [0.25, 0.3) is 0 Å². The minimum Gasteiger partial charge on any atom is -0.445 e. The monoisotopic (exact) mass is 460 g/mol. The summed E-state index contributed by atoms with van der Waals surface area (Å²) < 4.78 is 5.42. The molecule has 1 saturated carbocycles. The van der Waals surface area contributed by atoms with Crippen LogP contribution in [-0.4, -0.2) is 45.9 Å². The van der Waals surface area contributed by atoms with Gasteiger partial charge in [0, 0.05) is 18.5 Å². The molecule has 0 aromatic heterocycles. The number of hydroxylamine groups is 2. The molecule has 2 aliphatic rings. The van der Waals surface area contributed by atoms with Gasteiger partial charge < -0.3 is 20.6 Å². The Balaban J connectivity index is 1.46. The number of rotatable bonds is 9.